The molecule has 0 unspecified atom stereocenters. The van der Waals surface area contributed by atoms with Crippen LogP contribution in [0.5, 0.6) is 0 Å². The summed E-state index contributed by atoms with van der Waals surface area (Å²) in [6.07, 6.45) is 18.5. The maximum atomic E-state index is 8.24. The number of nitrogens with zero attached hydrogens (tertiary/aromatic N) is 1. The zero-order valence-electron chi connectivity index (χ0n) is 19.8. The molecule has 3 rings (SSSR count). The lowest BCUT2D eigenvalue weighted by Gasteiger charge is -2.26. The molecule has 8 N–H and O–H groups in total. The summed E-state index contributed by atoms with van der Waals surface area (Å²) < 4.78 is 0. The minimum atomic E-state index is 0.181. The van der Waals surface area contributed by atoms with E-state index in [2.05, 4.69) is 21.3 Å². The SMILES string of the molecule is CN/C=C(/C1=CNC2=CC=C(NC(=N)C=C(C=N)C(C)C)NC2=C1)C(N)=NC1CCCCC1. The number of hydrogen-bond acceptors (Lipinski definition) is 6. The van der Waals surface area contributed by atoms with Gasteiger partial charge in [0.2, 0.25) is 0 Å². The maximum absolute atomic E-state index is 8.24. The lowest BCUT2D eigenvalue weighted by molar-refractivity contribution is 0.443. The molecule has 1 aliphatic carbocycles. The van der Waals surface area contributed by atoms with Crippen LogP contribution in [0.4, 0.5) is 0 Å². The highest BCUT2D eigenvalue weighted by Gasteiger charge is 2.20. The van der Waals surface area contributed by atoms with E-state index < -0.39 is 0 Å². The quantitative estimate of drug-likeness (QED) is 0.226. The van der Waals surface area contributed by atoms with Crippen LogP contribution < -0.4 is 27.0 Å². The van der Waals surface area contributed by atoms with Gasteiger partial charge in [0.1, 0.15) is 17.5 Å². The van der Waals surface area contributed by atoms with Crippen LogP contribution in [0.15, 0.2) is 75.6 Å². The Kier molecular flexibility index (Phi) is 8.29. The third-order valence-electron chi connectivity index (χ3n) is 5.84. The number of amidine groups is 2. The van der Waals surface area contributed by atoms with Crippen molar-refractivity contribution in [1.29, 1.82) is 10.8 Å². The second-order valence-corrected chi connectivity index (χ2v) is 8.72. The van der Waals surface area contributed by atoms with Crippen molar-refractivity contribution >= 4 is 17.9 Å². The van der Waals surface area contributed by atoms with Gasteiger partial charge >= 0.3 is 0 Å². The van der Waals surface area contributed by atoms with Crippen LogP contribution in [0, 0.1) is 16.7 Å². The molecule has 2 aliphatic heterocycles. The molecule has 0 aromatic carbocycles. The first-order chi connectivity index (χ1) is 15.9. The van der Waals surface area contributed by atoms with E-state index in [0.717, 1.165) is 41.0 Å². The highest BCUT2D eigenvalue weighted by molar-refractivity contribution is 6.02. The summed E-state index contributed by atoms with van der Waals surface area (Å²) in [5.74, 6) is 1.63. The number of aliphatic imine (C=N–C) groups is 1. The fourth-order valence-corrected chi connectivity index (χ4v) is 3.98. The van der Waals surface area contributed by atoms with Gasteiger partial charge in [0.15, 0.2) is 0 Å². The average Bonchev–Trinajstić information content (AvgIpc) is 2.81. The van der Waals surface area contributed by atoms with Gasteiger partial charge in [-0.1, -0.05) is 33.1 Å². The van der Waals surface area contributed by atoms with Gasteiger partial charge in [-0.05, 0) is 48.6 Å². The summed E-state index contributed by atoms with van der Waals surface area (Å²) in [5, 5.41) is 28.6. The van der Waals surface area contributed by atoms with Crippen molar-refractivity contribution < 1.29 is 0 Å². The minimum absolute atomic E-state index is 0.181. The fraction of sp³-hybridized carbons (Fsp3) is 0.400. The number of rotatable bonds is 8. The van der Waals surface area contributed by atoms with Crippen LogP contribution in [0.25, 0.3) is 0 Å². The number of dihydropyridines is 2. The zero-order chi connectivity index (χ0) is 23.8. The maximum Gasteiger partial charge on any atom is 0.128 e. The molecule has 0 radical (unpaired) electrons. The highest BCUT2D eigenvalue weighted by Crippen LogP contribution is 2.25. The van der Waals surface area contributed by atoms with Crippen molar-refractivity contribution in [2.24, 2.45) is 16.6 Å². The fourth-order valence-electron chi connectivity index (χ4n) is 3.98. The Hall–Kier alpha value is -3.55. The molecular formula is C25H36N8. The van der Waals surface area contributed by atoms with Gasteiger partial charge in [0, 0.05) is 36.8 Å². The molecule has 8 nitrogen and oxygen atoms in total. The number of hydrogen-bond donors (Lipinski definition) is 7. The van der Waals surface area contributed by atoms with E-state index >= 15 is 0 Å². The first-order valence-electron chi connectivity index (χ1n) is 11.6. The lowest BCUT2D eigenvalue weighted by atomic mass is 9.95. The summed E-state index contributed by atoms with van der Waals surface area (Å²) in [6, 6.07) is 0.293. The van der Waals surface area contributed by atoms with Crippen LogP contribution in [0.3, 0.4) is 0 Å². The number of nitrogens with one attached hydrogen (secondary N) is 6. The van der Waals surface area contributed by atoms with Gasteiger partial charge in [-0.3, -0.25) is 10.4 Å². The zero-order valence-corrected chi connectivity index (χ0v) is 19.8. The van der Waals surface area contributed by atoms with Gasteiger partial charge in [-0.15, -0.1) is 0 Å². The van der Waals surface area contributed by atoms with E-state index in [1.54, 1.807) is 6.08 Å². The number of allylic oxidation sites excluding steroid dienone is 4. The van der Waals surface area contributed by atoms with E-state index in [-0.39, 0.29) is 11.8 Å². The largest absolute Gasteiger partial charge is 0.393 e. The minimum Gasteiger partial charge on any atom is -0.393 e. The molecule has 3 aliphatic rings. The second kappa shape index (κ2) is 11.4. The van der Waals surface area contributed by atoms with Crippen molar-refractivity contribution in [3.63, 3.8) is 0 Å². The predicted molar refractivity (Wildman–Crippen MR) is 137 cm³/mol. The van der Waals surface area contributed by atoms with Crippen LogP contribution in [-0.2, 0) is 0 Å². The van der Waals surface area contributed by atoms with Gasteiger partial charge in [0.05, 0.1) is 17.4 Å². The molecular weight excluding hydrogens is 412 g/mol. The van der Waals surface area contributed by atoms with Gasteiger partial charge in [-0.2, -0.15) is 0 Å². The normalized spacial score (nSPS) is 19.8. The molecule has 0 bridgehead atoms. The first-order valence-corrected chi connectivity index (χ1v) is 11.6. The van der Waals surface area contributed by atoms with Crippen molar-refractivity contribution in [2.75, 3.05) is 7.05 Å². The number of nitrogens with two attached hydrogens (primary N) is 1. The Balaban J connectivity index is 1.75. The Morgan fingerprint density at radius 1 is 1.21 bits per heavy atom. The Morgan fingerprint density at radius 2 is 1.97 bits per heavy atom. The van der Waals surface area contributed by atoms with Gasteiger partial charge < -0.3 is 32.4 Å². The lowest BCUT2D eigenvalue weighted by Crippen LogP contribution is -2.35. The van der Waals surface area contributed by atoms with Crippen molar-refractivity contribution in [2.45, 2.75) is 52.0 Å². The smallest absolute Gasteiger partial charge is 0.128 e. The molecule has 1 saturated carbocycles. The third-order valence-corrected chi connectivity index (χ3v) is 5.84. The summed E-state index contributed by atoms with van der Waals surface area (Å²) in [4.78, 5) is 4.81. The molecule has 8 heteroatoms. The first kappa shape index (κ1) is 24.1. The molecule has 0 aromatic rings. The Morgan fingerprint density at radius 3 is 2.64 bits per heavy atom. The van der Waals surface area contributed by atoms with E-state index in [1.807, 2.05) is 51.5 Å². The van der Waals surface area contributed by atoms with E-state index in [9.17, 15) is 0 Å². The van der Waals surface area contributed by atoms with Crippen molar-refractivity contribution in [1.82, 2.24) is 21.3 Å². The van der Waals surface area contributed by atoms with Crippen molar-refractivity contribution in [3.05, 3.63) is 70.6 Å². The van der Waals surface area contributed by atoms with Gasteiger partial charge in [-0.25, -0.2) is 0 Å². The molecule has 0 amide bonds. The summed E-state index contributed by atoms with van der Waals surface area (Å²) >= 11 is 0. The molecule has 0 spiro atoms. The molecule has 0 saturated heterocycles. The van der Waals surface area contributed by atoms with Crippen molar-refractivity contribution in [3.8, 4) is 0 Å². The van der Waals surface area contributed by atoms with E-state index in [1.165, 1.54) is 25.5 Å². The molecule has 1 fully saturated rings. The summed E-state index contributed by atoms with van der Waals surface area (Å²) in [6.45, 7) is 4.01. The molecule has 0 atom stereocenters. The van der Waals surface area contributed by atoms with Crippen LogP contribution in [0.2, 0.25) is 0 Å². The van der Waals surface area contributed by atoms with Crippen LogP contribution in [-0.4, -0.2) is 31.0 Å². The monoisotopic (exact) mass is 448 g/mol. The second-order valence-electron chi connectivity index (χ2n) is 8.72. The average molecular weight is 449 g/mol. The van der Waals surface area contributed by atoms with Crippen LogP contribution in [0.1, 0.15) is 46.0 Å². The summed E-state index contributed by atoms with van der Waals surface area (Å²) in [5.41, 5.74) is 10.8. The molecule has 0 aromatic heterocycles. The molecule has 2 heterocycles. The van der Waals surface area contributed by atoms with E-state index in [0.29, 0.717) is 17.7 Å². The Bertz CT molecular complexity index is 982. The topological polar surface area (TPSA) is 134 Å². The Labute approximate surface area is 196 Å². The predicted octanol–water partition coefficient (Wildman–Crippen LogP) is 3.28. The standard InChI is InChI=1S/C25H36N8/c1-16(2)17(13-26)12-23(27)33-24-10-9-21-22(32-24)11-18(14-30-21)20(15-29-3)25(28)31-19-7-5-4-6-8-19/h9-16,19,26,29-30,32H,4-8H2,1-3H3,(H2,27,33)(H2,28,31)/b17-12?,20-15-,26-13?. The van der Waals surface area contributed by atoms with Gasteiger partial charge in [0.25, 0.3) is 0 Å². The highest BCUT2D eigenvalue weighted by atomic mass is 15.1. The van der Waals surface area contributed by atoms with E-state index in [4.69, 9.17) is 21.5 Å². The number of fused-ring (bicyclic) bond motifs is 1. The third kappa shape index (κ3) is 6.47. The molecule has 33 heavy (non-hydrogen) atoms. The summed E-state index contributed by atoms with van der Waals surface area (Å²) in [7, 11) is 1.85. The van der Waals surface area contributed by atoms with Crippen LogP contribution >= 0.6 is 0 Å². The molecule has 176 valence electrons.